The van der Waals surface area contributed by atoms with Crippen molar-refractivity contribution in [2.45, 2.75) is 0 Å². The number of nitrogens with zero attached hydrogens (tertiary/aromatic N) is 2. The van der Waals surface area contributed by atoms with Crippen LogP contribution in [0.1, 0.15) is 11.1 Å². The number of anilines is 1. The molecule has 0 saturated heterocycles. The van der Waals surface area contributed by atoms with Crippen LogP contribution in [0.2, 0.25) is 15.1 Å². The van der Waals surface area contributed by atoms with Crippen LogP contribution in [-0.4, -0.2) is 13.0 Å². The van der Waals surface area contributed by atoms with Gasteiger partial charge in [0.2, 0.25) is 5.96 Å². The van der Waals surface area contributed by atoms with Crippen LogP contribution in [0.5, 0.6) is 0 Å². The van der Waals surface area contributed by atoms with Crippen LogP contribution in [0.15, 0.2) is 47.5 Å². The van der Waals surface area contributed by atoms with E-state index in [-0.39, 0.29) is 0 Å². The predicted molar refractivity (Wildman–Crippen MR) is 114 cm³/mol. The molecule has 1 aliphatic carbocycles. The molecule has 0 spiro atoms. The second-order valence-corrected chi connectivity index (χ2v) is 7.22. The molecule has 0 fully saturated rings. The van der Waals surface area contributed by atoms with E-state index in [1.807, 2.05) is 18.0 Å². The molecule has 0 unspecified atom stereocenters. The first-order valence-corrected chi connectivity index (χ1v) is 9.05. The maximum Gasteiger partial charge on any atom is 0.200 e. The van der Waals surface area contributed by atoms with Crippen molar-refractivity contribution in [2.24, 2.45) is 10.7 Å². The van der Waals surface area contributed by atoms with Crippen molar-refractivity contribution in [3.8, 4) is 0 Å². The quantitative estimate of drug-likeness (QED) is 0.240. The second kappa shape index (κ2) is 6.51. The maximum atomic E-state index is 6.24. The Hall–Kier alpha value is -2.20. The molecule has 3 aromatic carbocycles. The average molecular weight is 403 g/mol. The molecule has 130 valence electrons. The summed E-state index contributed by atoms with van der Waals surface area (Å²) in [6.07, 6.45) is 4.22. The van der Waals surface area contributed by atoms with Crippen molar-refractivity contribution >= 4 is 75.1 Å². The molecule has 1 aliphatic rings. The van der Waals surface area contributed by atoms with Gasteiger partial charge in [-0.2, -0.15) is 0 Å². The molecule has 2 N–H and O–H groups in total. The topological polar surface area (TPSA) is 41.6 Å². The lowest BCUT2D eigenvalue weighted by atomic mass is 10.0. The highest BCUT2D eigenvalue weighted by atomic mass is 35.5. The lowest BCUT2D eigenvalue weighted by molar-refractivity contribution is 1.22. The van der Waals surface area contributed by atoms with E-state index < -0.39 is 0 Å². The minimum atomic E-state index is 0.305. The van der Waals surface area contributed by atoms with Gasteiger partial charge in [-0.15, -0.1) is 0 Å². The van der Waals surface area contributed by atoms with Crippen molar-refractivity contribution < 1.29 is 0 Å². The molecule has 0 saturated carbocycles. The SMILES string of the molecule is CN(C(N)=Nc1cc(Cl)c(Cl)c(Cl)c1)c1ccc2cccc3c2c1C=C3. The number of rotatable bonds is 2. The van der Waals surface area contributed by atoms with Gasteiger partial charge in [0.25, 0.3) is 0 Å². The fraction of sp³-hybridized carbons (Fsp3) is 0.0500. The van der Waals surface area contributed by atoms with E-state index in [2.05, 4.69) is 41.4 Å². The number of guanidine groups is 1. The number of aliphatic imine (C=N–C) groups is 1. The minimum absolute atomic E-state index is 0.305. The molecule has 3 aromatic rings. The van der Waals surface area contributed by atoms with Gasteiger partial charge < -0.3 is 10.6 Å². The van der Waals surface area contributed by atoms with Crippen LogP contribution in [0.25, 0.3) is 22.9 Å². The van der Waals surface area contributed by atoms with E-state index in [9.17, 15) is 0 Å². The third-order valence-corrected chi connectivity index (χ3v) is 5.64. The van der Waals surface area contributed by atoms with Gasteiger partial charge in [0.1, 0.15) is 0 Å². The van der Waals surface area contributed by atoms with Crippen molar-refractivity contribution in [1.29, 1.82) is 0 Å². The standard InChI is InChI=1S/C20H14Cl3N3/c1-26(20(24)25-13-9-15(21)19(23)16(22)10-13)17-8-6-12-4-2-3-11-5-7-14(17)18(11)12/h2-10H,1H3,(H2,24,25). The summed E-state index contributed by atoms with van der Waals surface area (Å²) in [7, 11) is 1.88. The summed E-state index contributed by atoms with van der Waals surface area (Å²) in [5, 5.41) is 3.41. The molecule has 4 rings (SSSR count). The van der Waals surface area contributed by atoms with Gasteiger partial charge in [-0.1, -0.05) is 71.2 Å². The third kappa shape index (κ3) is 2.82. The van der Waals surface area contributed by atoms with Crippen molar-refractivity contribution in [1.82, 2.24) is 0 Å². The van der Waals surface area contributed by atoms with Gasteiger partial charge in [-0.05, 0) is 34.5 Å². The second-order valence-electron chi connectivity index (χ2n) is 6.03. The lowest BCUT2D eigenvalue weighted by Gasteiger charge is -2.21. The zero-order valence-corrected chi connectivity index (χ0v) is 16.1. The number of nitrogens with two attached hydrogens (primary N) is 1. The van der Waals surface area contributed by atoms with Crippen molar-refractivity contribution in [2.75, 3.05) is 11.9 Å². The van der Waals surface area contributed by atoms with Crippen LogP contribution >= 0.6 is 34.8 Å². The van der Waals surface area contributed by atoms with E-state index in [0.717, 1.165) is 11.3 Å². The fourth-order valence-electron chi connectivity index (χ4n) is 3.14. The molecule has 0 aliphatic heterocycles. The van der Waals surface area contributed by atoms with Gasteiger partial charge >= 0.3 is 0 Å². The Morgan fingerprint density at radius 3 is 2.46 bits per heavy atom. The van der Waals surface area contributed by atoms with Gasteiger partial charge in [-0.25, -0.2) is 4.99 Å². The zero-order chi connectivity index (χ0) is 18.4. The Labute approximate surface area is 166 Å². The molecule has 3 nitrogen and oxygen atoms in total. The Bertz CT molecular complexity index is 1080. The first-order valence-electron chi connectivity index (χ1n) is 7.92. The molecule has 6 heteroatoms. The molecule has 0 radical (unpaired) electrons. The number of hydrogen-bond acceptors (Lipinski definition) is 1. The molecule has 0 bridgehead atoms. The van der Waals surface area contributed by atoms with E-state index in [4.69, 9.17) is 40.5 Å². The van der Waals surface area contributed by atoms with E-state index >= 15 is 0 Å². The summed E-state index contributed by atoms with van der Waals surface area (Å²) < 4.78 is 0. The van der Waals surface area contributed by atoms with Crippen LogP contribution < -0.4 is 10.6 Å². The molecule has 0 heterocycles. The third-order valence-electron chi connectivity index (χ3n) is 4.44. The maximum absolute atomic E-state index is 6.24. The Kier molecular flexibility index (Phi) is 4.31. The monoisotopic (exact) mass is 401 g/mol. The van der Waals surface area contributed by atoms with Crippen molar-refractivity contribution in [3.05, 3.63) is 68.7 Å². The highest BCUT2D eigenvalue weighted by Gasteiger charge is 2.17. The van der Waals surface area contributed by atoms with Crippen LogP contribution in [0, 0.1) is 0 Å². The zero-order valence-electron chi connectivity index (χ0n) is 13.8. The number of hydrogen-bond donors (Lipinski definition) is 1. The largest absolute Gasteiger partial charge is 0.369 e. The predicted octanol–water partition coefficient (Wildman–Crippen LogP) is 6.37. The Morgan fingerprint density at radius 1 is 1.00 bits per heavy atom. The highest BCUT2D eigenvalue weighted by Crippen LogP contribution is 2.38. The summed E-state index contributed by atoms with van der Waals surface area (Å²) in [4.78, 5) is 6.28. The lowest BCUT2D eigenvalue weighted by Crippen LogP contribution is -2.34. The van der Waals surface area contributed by atoms with Crippen LogP contribution in [0.3, 0.4) is 0 Å². The summed E-state index contributed by atoms with van der Waals surface area (Å²) in [5.41, 5.74) is 10.1. The Balaban J connectivity index is 1.76. The molecular formula is C20H14Cl3N3. The summed E-state index contributed by atoms with van der Waals surface area (Å²) in [5.74, 6) is 0.327. The Morgan fingerprint density at radius 2 is 1.73 bits per heavy atom. The van der Waals surface area contributed by atoms with Gasteiger partial charge in [0, 0.05) is 12.6 Å². The van der Waals surface area contributed by atoms with E-state index in [0.29, 0.717) is 26.7 Å². The molecule has 26 heavy (non-hydrogen) atoms. The van der Waals surface area contributed by atoms with Gasteiger partial charge in [0.05, 0.1) is 26.4 Å². The molecule has 0 amide bonds. The molecular weight excluding hydrogens is 389 g/mol. The van der Waals surface area contributed by atoms with Crippen LogP contribution in [-0.2, 0) is 0 Å². The summed E-state index contributed by atoms with van der Waals surface area (Å²) in [6, 6.07) is 13.7. The highest BCUT2D eigenvalue weighted by molar-refractivity contribution is 6.48. The van der Waals surface area contributed by atoms with Crippen LogP contribution in [0.4, 0.5) is 11.4 Å². The minimum Gasteiger partial charge on any atom is -0.369 e. The number of benzene rings is 3. The smallest absolute Gasteiger partial charge is 0.200 e. The first kappa shape index (κ1) is 17.2. The summed E-state index contributed by atoms with van der Waals surface area (Å²) in [6.45, 7) is 0. The molecule has 0 aromatic heterocycles. The van der Waals surface area contributed by atoms with E-state index in [1.165, 1.54) is 16.3 Å². The van der Waals surface area contributed by atoms with Gasteiger partial charge in [-0.3, -0.25) is 0 Å². The van der Waals surface area contributed by atoms with Gasteiger partial charge in [0.15, 0.2) is 0 Å². The van der Waals surface area contributed by atoms with Crippen molar-refractivity contribution in [3.63, 3.8) is 0 Å². The summed E-state index contributed by atoms with van der Waals surface area (Å²) >= 11 is 18.1. The van der Waals surface area contributed by atoms with E-state index in [1.54, 1.807) is 12.1 Å². The average Bonchev–Trinajstić information content (AvgIpc) is 3.05. The number of halogens is 3. The fourth-order valence-corrected chi connectivity index (χ4v) is 3.72. The normalized spacial score (nSPS) is 12.8. The first-order chi connectivity index (χ1) is 12.5. The molecule has 0 atom stereocenters.